The number of para-hydroxylation sites is 2. The van der Waals surface area contributed by atoms with Crippen molar-refractivity contribution in [2.24, 2.45) is 0 Å². The van der Waals surface area contributed by atoms with E-state index in [2.05, 4.69) is 15.3 Å². The Morgan fingerprint density at radius 2 is 1.85 bits per heavy atom. The van der Waals surface area contributed by atoms with Gasteiger partial charge in [-0.25, -0.2) is 9.78 Å². The highest BCUT2D eigenvalue weighted by Crippen LogP contribution is 2.25. The molecule has 0 spiro atoms. The maximum absolute atomic E-state index is 12.9. The van der Waals surface area contributed by atoms with Crippen molar-refractivity contribution < 1.29 is 9.53 Å². The minimum absolute atomic E-state index is 0.183. The smallest absolute Gasteiger partial charge is 0.329 e. The third kappa shape index (κ3) is 5.01. The van der Waals surface area contributed by atoms with Crippen LogP contribution in [0, 0.1) is 0 Å². The Hall–Kier alpha value is -4.20. The van der Waals surface area contributed by atoms with Crippen molar-refractivity contribution in [3.63, 3.8) is 0 Å². The fourth-order valence-corrected chi connectivity index (χ4v) is 3.54. The van der Waals surface area contributed by atoms with Crippen molar-refractivity contribution in [1.29, 1.82) is 0 Å². The summed E-state index contributed by atoms with van der Waals surface area (Å²) >= 11 is 0. The minimum atomic E-state index is -0.575. The van der Waals surface area contributed by atoms with E-state index in [1.165, 1.54) is 16.8 Å². The SMILES string of the molecule is CCCn1c(=O)[nH]c(=O)c2cc(C(=O)Nc3ccccc3OCCc3ccccc3)cnc21. The first-order chi connectivity index (χ1) is 16.1. The molecule has 0 saturated heterocycles. The van der Waals surface area contributed by atoms with E-state index < -0.39 is 17.2 Å². The summed E-state index contributed by atoms with van der Waals surface area (Å²) in [5.74, 6) is 0.112. The first kappa shape index (κ1) is 22.0. The second kappa shape index (κ2) is 9.95. The Morgan fingerprint density at radius 3 is 2.64 bits per heavy atom. The lowest BCUT2D eigenvalue weighted by Gasteiger charge is -2.13. The van der Waals surface area contributed by atoms with Gasteiger partial charge in [0.05, 0.1) is 23.2 Å². The molecule has 0 radical (unpaired) electrons. The van der Waals surface area contributed by atoms with Crippen molar-refractivity contribution in [1.82, 2.24) is 14.5 Å². The van der Waals surface area contributed by atoms with Gasteiger partial charge in [-0.1, -0.05) is 49.4 Å². The van der Waals surface area contributed by atoms with Gasteiger partial charge >= 0.3 is 5.69 Å². The van der Waals surface area contributed by atoms with E-state index in [4.69, 9.17) is 4.74 Å². The average Bonchev–Trinajstić information content (AvgIpc) is 2.83. The van der Waals surface area contributed by atoms with Crippen LogP contribution in [0.4, 0.5) is 5.69 Å². The highest BCUT2D eigenvalue weighted by Gasteiger charge is 2.14. The molecule has 0 saturated carbocycles. The Bertz CT molecular complexity index is 1390. The molecule has 168 valence electrons. The molecule has 0 aliphatic carbocycles. The lowest BCUT2D eigenvalue weighted by atomic mass is 10.2. The van der Waals surface area contributed by atoms with E-state index in [0.717, 1.165) is 12.0 Å². The van der Waals surface area contributed by atoms with Gasteiger partial charge in [0.2, 0.25) is 0 Å². The van der Waals surface area contributed by atoms with Crippen LogP contribution in [0.3, 0.4) is 0 Å². The van der Waals surface area contributed by atoms with Gasteiger partial charge < -0.3 is 10.1 Å². The maximum Gasteiger partial charge on any atom is 0.329 e. The van der Waals surface area contributed by atoms with Crippen LogP contribution >= 0.6 is 0 Å². The summed E-state index contributed by atoms with van der Waals surface area (Å²) in [5.41, 5.74) is 1.05. The van der Waals surface area contributed by atoms with Gasteiger partial charge in [-0.2, -0.15) is 0 Å². The number of rotatable bonds is 8. The van der Waals surface area contributed by atoms with Crippen LogP contribution in [-0.2, 0) is 13.0 Å². The van der Waals surface area contributed by atoms with E-state index in [0.29, 0.717) is 31.0 Å². The maximum atomic E-state index is 12.9. The molecule has 0 bridgehead atoms. The third-order valence-corrected chi connectivity index (χ3v) is 5.17. The van der Waals surface area contributed by atoms with Crippen LogP contribution in [0.15, 0.2) is 76.4 Å². The number of H-pyrrole nitrogens is 1. The first-order valence-electron chi connectivity index (χ1n) is 10.8. The Labute approximate surface area is 189 Å². The molecule has 4 aromatic rings. The number of carbonyl (C=O) groups excluding carboxylic acids is 1. The van der Waals surface area contributed by atoms with Gasteiger partial charge in [-0.05, 0) is 30.2 Å². The number of fused-ring (bicyclic) bond motifs is 1. The summed E-state index contributed by atoms with van der Waals surface area (Å²) in [4.78, 5) is 43.8. The number of nitrogens with zero attached hydrogens (tertiary/aromatic N) is 2. The Balaban J connectivity index is 1.54. The Morgan fingerprint density at radius 1 is 1.09 bits per heavy atom. The molecule has 0 unspecified atom stereocenters. The normalized spacial score (nSPS) is 10.8. The fourth-order valence-electron chi connectivity index (χ4n) is 3.54. The molecule has 0 fully saturated rings. The third-order valence-electron chi connectivity index (χ3n) is 5.17. The molecule has 4 rings (SSSR count). The molecule has 2 heterocycles. The van der Waals surface area contributed by atoms with E-state index in [1.54, 1.807) is 18.2 Å². The molecule has 0 aliphatic rings. The molecule has 0 atom stereocenters. The Kier molecular flexibility index (Phi) is 6.64. The predicted octanol–water partition coefficient (Wildman–Crippen LogP) is 3.37. The second-order valence-electron chi connectivity index (χ2n) is 7.54. The number of anilines is 1. The average molecular weight is 444 g/mol. The lowest BCUT2D eigenvalue weighted by Crippen LogP contribution is -2.31. The number of benzene rings is 2. The van der Waals surface area contributed by atoms with Crippen LogP contribution < -0.4 is 21.3 Å². The molecule has 2 aromatic carbocycles. The standard InChI is InChI=1S/C25H24N4O4/c1-2-13-29-22-19(24(31)28-25(29)32)15-18(16-26-22)23(30)27-20-10-6-7-11-21(20)33-14-12-17-8-4-3-5-9-17/h3-11,15-16H,2,12-14H2,1H3,(H,27,30)(H,28,31,32). The van der Waals surface area contributed by atoms with Crippen LogP contribution in [0.5, 0.6) is 5.75 Å². The van der Waals surface area contributed by atoms with Crippen molar-refractivity contribution in [3.05, 3.63) is 98.8 Å². The number of pyridine rings is 1. The number of hydrogen-bond donors (Lipinski definition) is 2. The van der Waals surface area contributed by atoms with Gasteiger partial charge in [0, 0.05) is 19.2 Å². The van der Waals surface area contributed by atoms with Gasteiger partial charge in [-0.15, -0.1) is 0 Å². The number of ether oxygens (including phenoxy) is 1. The molecule has 0 aliphatic heterocycles. The topological polar surface area (TPSA) is 106 Å². The fraction of sp³-hybridized carbons (Fsp3) is 0.200. The van der Waals surface area contributed by atoms with Crippen LogP contribution in [0.2, 0.25) is 0 Å². The molecule has 8 heteroatoms. The predicted molar refractivity (Wildman–Crippen MR) is 127 cm³/mol. The number of aromatic amines is 1. The monoisotopic (exact) mass is 444 g/mol. The van der Waals surface area contributed by atoms with E-state index in [9.17, 15) is 14.4 Å². The second-order valence-corrected chi connectivity index (χ2v) is 7.54. The van der Waals surface area contributed by atoms with Crippen molar-refractivity contribution in [2.45, 2.75) is 26.3 Å². The summed E-state index contributed by atoms with van der Waals surface area (Å²) in [5, 5.41) is 3.01. The van der Waals surface area contributed by atoms with Crippen LogP contribution in [-0.4, -0.2) is 27.0 Å². The molecular formula is C25H24N4O4. The lowest BCUT2D eigenvalue weighted by molar-refractivity contribution is 0.102. The molecule has 8 nitrogen and oxygen atoms in total. The number of aromatic nitrogens is 3. The van der Waals surface area contributed by atoms with E-state index in [-0.39, 0.29) is 16.6 Å². The summed E-state index contributed by atoms with van der Waals surface area (Å²) < 4.78 is 7.30. The molecular weight excluding hydrogens is 420 g/mol. The minimum Gasteiger partial charge on any atom is -0.491 e. The zero-order valence-corrected chi connectivity index (χ0v) is 18.2. The number of aryl methyl sites for hydroxylation is 1. The number of nitrogens with one attached hydrogen (secondary N) is 2. The quantitative estimate of drug-likeness (QED) is 0.433. The highest BCUT2D eigenvalue weighted by atomic mass is 16.5. The van der Waals surface area contributed by atoms with Gasteiger partial charge in [0.15, 0.2) is 0 Å². The molecule has 2 N–H and O–H groups in total. The van der Waals surface area contributed by atoms with Crippen molar-refractivity contribution in [2.75, 3.05) is 11.9 Å². The van der Waals surface area contributed by atoms with Crippen molar-refractivity contribution in [3.8, 4) is 5.75 Å². The summed E-state index contributed by atoms with van der Waals surface area (Å²) in [6.45, 7) is 2.79. The van der Waals surface area contributed by atoms with Gasteiger partial charge in [0.1, 0.15) is 11.4 Å². The molecule has 2 aromatic heterocycles. The molecule has 33 heavy (non-hydrogen) atoms. The zero-order valence-electron chi connectivity index (χ0n) is 18.2. The number of amides is 1. The van der Waals surface area contributed by atoms with Crippen LogP contribution in [0.1, 0.15) is 29.3 Å². The largest absolute Gasteiger partial charge is 0.491 e. The van der Waals surface area contributed by atoms with E-state index in [1.807, 2.05) is 43.3 Å². The van der Waals surface area contributed by atoms with Gasteiger partial charge in [0.25, 0.3) is 11.5 Å². The summed E-state index contributed by atoms with van der Waals surface area (Å²) in [7, 11) is 0. The highest BCUT2D eigenvalue weighted by molar-refractivity contribution is 6.06. The van der Waals surface area contributed by atoms with Crippen LogP contribution in [0.25, 0.3) is 11.0 Å². The number of carbonyl (C=O) groups is 1. The first-order valence-corrected chi connectivity index (χ1v) is 10.8. The summed E-state index contributed by atoms with van der Waals surface area (Å²) in [6, 6.07) is 18.6. The van der Waals surface area contributed by atoms with E-state index >= 15 is 0 Å². The number of hydrogen-bond acceptors (Lipinski definition) is 5. The van der Waals surface area contributed by atoms with Gasteiger partial charge in [-0.3, -0.25) is 19.1 Å². The zero-order chi connectivity index (χ0) is 23.2. The molecule has 1 amide bonds. The summed E-state index contributed by atoms with van der Waals surface area (Å²) in [6.07, 6.45) is 2.80. The van der Waals surface area contributed by atoms with Crippen molar-refractivity contribution >= 4 is 22.6 Å².